The maximum atomic E-state index is 14.3. The number of methoxy groups -OCH3 is 1. The van der Waals surface area contributed by atoms with Gasteiger partial charge in [-0.15, -0.1) is 5.10 Å². The molecule has 0 saturated carbocycles. The number of nitrogens with one attached hydrogen (secondary N) is 1. The van der Waals surface area contributed by atoms with Crippen LogP contribution in [-0.2, 0) is 13.5 Å². The number of alkyl halides is 2. The molecule has 0 aliphatic carbocycles. The summed E-state index contributed by atoms with van der Waals surface area (Å²) >= 11 is 0. The number of urea groups is 1. The second kappa shape index (κ2) is 11.4. The first-order chi connectivity index (χ1) is 20.2. The van der Waals surface area contributed by atoms with E-state index in [1.807, 2.05) is 19.1 Å². The number of aromatic nitrogens is 4. The van der Waals surface area contributed by atoms with E-state index in [2.05, 4.69) is 15.4 Å². The van der Waals surface area contributed by atoms with E-state index >= 15 is 0 Å². The average Bonchev–Trinajstić information content (AvgIpc) is 3.51. The number of anilines is 2. The van der Waals surface area contributed by atoms with Gasteiger partial charge in [-0.1, -0.05) is 25.1 Å². The maximum Gasteiger partial charge on any atom is 0.353 e. The van der Waals surface area contributed by atoms with Gasteiger partial charge in [0.2, 0.25) is 0 Å². The molecule has 3 heterocycles. The standard InChI is InChI=1S/C29H29F2N7O4/c1-5-21-22(17-9-11-19(12-10-17)38-27(42-4)34-35(3)28(38)40)13-14-33-25(21)36-16-23(24(30)31)37(29(36)41)20-8-6-7-18(15-20)26(39)32-2/h6-15,23-24H,5,16H2,1-4H3,(H,32,39)/t23-/m0/s1. The average molecular weight is 578 g/mol. The molecule has 5 rings (SSSR count). The van der Waals surface area contributed by atoms with E-state index < -0.39 is 24.4 Å². The molecule has 2 aromatic heterocycles. The first kappa shape index (κ1) is 28.5. The third-order valence-corrected chi connectivity index (χ3v) is 7.20. The zero-order valence-electron chi connectivity index (χ0n) is 23.4. The van der Waals surface area contributed by atoms with E-state index in [1.54, 1.807) is 30.3 Å². The number of amides is 3. The number of carbonyl (C=O) groups excluding carboxylic acids is 2. The van der Waals surface area contributed by atoms with E-state index in [0.717, 1.165) is 16.0 Å². The number of benzene rings is 2. The molecule has 1 N–H and O–H groups in total. The fourth-order valence-electron chi connectivity index (χ4n) is 5.15. The van der Waals surface area contributed by atoms with E-state index in [4.69, 9.17) is 4.74 Å². The minimum atomic E-state index is -2.84. The molecule has 1 atom stereocenters. The van der Waals surface area contributed by atoms with Crippen LogP contribution in [0.2, 0.25) is 0 Å². The normalized spacial score (nSPS) is 15.0. The summed E-state index contributed by atoms with van der Waals surface area (Å²) in [5.74, 6) is -0.112. The number of halogens is 2. The van der Waals surface area contributed by atoms with Gasteiger partial charge in [0.05, 0.1) is 19.3 Å². The number of ether oxygens (including phenoxy) is 1. The minimum absolute atomic E-state index is 0.141. The van der Waals surface area contributed by atoms with E-state index in [0.29, 0.717) is 17.7 Å². The molecule has 1 saturated heterocycles. The number of rotatable bonds is 8. The van der Waals surface area contributed by atoms with Gasteiger partial charge in [0.1, 0.15) is 11.9 Å². The van der Waals surface area contributed by atoms with Crippen molar-refractivity contribution in [1.29, 1.82) is 0 Å². The van der Waals surface area contributed by atoms with Gasteiger partial charge < -0.3 is 10.1 Å². The highest BCUT2D eigenvalue weighted by atomic mass is 19.3. The van der Waals surface area contributed by atoms with Crippen LogP contribution in [0.5, 0.6) is 6.01 Å². The Balaban J connectivity index is 1.52. The quantitative estimate of drug-likeness (QED) is 0.342. The number of carbonyl (C=O) groups is 2. The lowest BCUT2D eigenvalue weighted by Gasteiger charge is -2.23. The van der Waals surface area contributed by atoms with Gasteiger partial charge in [-0.2, -0.15) is 0 Å². The summed E-state index contributed by atoms with van der Waals surface area (Å²) in [6, 6.07) is 13.0. The molecule has 0 radical (unpaired) electrons. The number of aryl methyl sites for hydroxylation is 1. The maximum absolute atomic E-state index is 14.3. The minimum Gasteiger partial charge on any atom is -0.467 e. The number of pyridine rings is 1. The van der Waals surface area contributed by atoms with Crippen LogP contribution in [0.25, 0.3) is 16.8 Å². The fraction of sp³-hybridized carbons (Fsp3) is 0.276. The lowest BCUT2D eigenvalue weighted by molar-refractivity contribution is 0.0963. The summed E-state index contributed by atoms with van der Waals surface area (Å²) in [6.07, 6.45) is -0.839. The summed E-state index contributed by atoms with van der Waals surface area (Å²) in [5, 5.41) is 6.56. The van der Waals surface area contributed by atoms with Gasteiger partial charge in [0.25, 0.3) is 12.3 Å². The lowest BCUT2D eigenvalue weighted by Crippen LogP contribution is -2.39. The molecular formula is C29H29F2N7O4. The molecule has 0 spiro atoms. The van der Waals surface area contributed by atoms with Crippen LogP contribution in [0.15, 0.2) is 65.6 Å². The molecule has 1 aliphatic rings. The molecule has 0 bridgehead atoms. The third kappa shape index (κ3) is 4.86. The summed E-state index contributed by atoms with van der Waals surface area (Å²) in [4.78, 5) is 45.2. The van der Waals surface area contributed by atoms with Crippen LogP contribution >= 0.6 is 0 Å². The highest BCUT2D eigenvalue weighted by molar-refractivity contribution is 6.08. The van der Waals surface area contributed by atoms with Crippen molar-refractivity contribution in [2.75, 3.05) is 30.5 Å². The van der Waals surface area contributed by atoms with E-state index in [1.165, 1.54) is 53.7 Å². The molecule has 13 heteroatoms. The first-order valence-corrected chi connectivity index (χ1v) is 13.2. The Morgan fingerprint density at radius 2 is 1.86 bits per heavy atom. The Kier molecular flexibility index (Phi) is 7.74. The van der Waals surface area contributed by atoms with Crippen molar-refractivity contribution in [2.45, 2.75) is 25.8 Å². The smallest absolute Gasteiger partial charge is 0.353 e. The first-order valence-electron chi connectivity index (χ1n) is 13.2. The molecule has 2 aromatic carbocycles. The summed E-state index contributed by atoms with van der Waals surface area (Å²) in [6.45, 7) is 1.61. The van der Waals surface area contributed by atoms with Crippen molar-refractivity contribution in [1.82, 2.24) is 24.6 Å². The van der Waals surface area contributed by atoms with E-state index in [9.17, 15) is 23.2 Å². The molecule has 1 aliphatic heterocycles. The van der Waals surface area contributed by atoms with Gasteiger partial charge in [-0.3, -0.25) is 14.6 Å². The zero-order chi connectivity index (χ0) is 30.1. The van der Waals surface area contributed by atoms with E-state index in [-0.39, 0.29) is 35.3 Å². The Morgan fingerprint density at radius 3 is 2.50 bits per heavy atom. The number of hydrogen-bond acceptors (Lipinski definition) is 6. The summed E-state index contributed by atoms with van der Waals surface area (Å²) in [7, 11) is 4.42. The predicted molar refractivity (Wildman–Crippen MR) is 153 cm³/mol. The third-order valence-electron chi connectivity index (χ3n) is 7.20. The van der Waals surface area contributed by atoms with Crippen LogP contribution < -0.4 is 25.5 Å². The van der Waals surface area contributed by atoms with Crippen molar-refractivity contribution in [3.63, 3.8) is 0 Å². The van der Waals surface area contributed by atoms with Gasteiger partial charge in [-0.25, -0.2) is 32.6 Å². The summed E-state index contributed by atoms with van der Waals surface area (Å²) in [5.41, 5.74) is 2.86. The molecule has 0 unspecified atom stereocenters. The van der Waals surface area contributed by atoms with Crippen molar-refractivity contribution in [2.24, 2.45) is 7.05 Å². The Morgan fingerprint density at radius 1 is 1.12 bits per heavy atom. The largest absolute Gasteiger partial charge is 0.467 e. The Labute approximate surface area is 240 Å². The van der Waals surface area contributed by atoms with Crippen LogP contribution in [0.1, 0.15) is 22.8 Å². The summed E-state index contributed by atoms with van der Waals surface area (Å²) < 4.78 is 36.3. The molecule has 1 fully saturated rings. The number of nitrogens with zero attached hydrogens (tertiary/aromatic N) is 6. The molecule has 3 amide bonds. The molecule has 218 valence electrons. The van der Waals surface area contributed by atoms with Gasteiger partial charge in [-0.05, 0) is 53.9 Å². The van der Waals surface area contributed by atoms with Crippen LogP contribution in [0.4, 0.5) is 25.1 Å². The second-order valence-electron chi connectivity index (χ2n) is 9.58. The molecule has 11 nitrogen and oxygen atoms in total. The zero-order valence-corrected chi connectivity index (χ0v) is 23.4. The molecule has 42 heavy (non-hydrogen) atoms. The van der Waals surface area contributed by atoms with Gasteiger partial charge in [0, 0.05) is 37.1 Å². The van der Waals surface area contributed by atoms with Crippen molar-refractivity contribution in [3.05, 3.63) is 82.4 Å². The topological polar surface area (TPSA) is 115 Å². The van der Waals surface area contributed by atoms with Gasteiger partial charge >= 0.3 is 17.7 Å². The second-order valence-corrected chi connectivity index (χ2v) is 9.58. The molecular weight excluding hydrogens is 548 g/mol. The van der Waals surface area contributed by atoms with Crippen molar-refractivity contribution < 1.29 is 23.1 Å². The fourth-order valence-corrected chi connectivity index (χ4v) is 5.15. The monoisotopic (exact) mass is 577 g/mol. The number of hydrogen-bond donors (Lipinski definition) is 1. The van der Waals surface area contributed by atoms with Crippen molar-refractivity contribution in [3.8, 4) is 22.8 Å². The van der Waals surface area contributed by atoms with Crippen molar-refractivity contribution >= 4 is 23.4 Å². The molecule has 4 aromatic rings. The van der Waals surface area contributed by atoms with Crippen LogP contribution in [0.3, 0.4) is 0 Å². The Bertz CT molecular complexity index is 1700. The van der Waals surface area contributed by atoms with Crippen LogP contribution in [0, 0.1) is 0 Å². The predicted octanol–water partition coefficient (Wildman–Crippen LogP) is 3.64. The Hall–Kier alpha value is -5.07. The highest BCUT2D eigenvalue weighted by Gasteiger charge is 2.45. The lowest BCUT2D eigenvalue weighted by atomic mass is 9.98. The SMILES string of the molecule is CCc1c(-c2ccc(-n3c(OC)nn(C)c3=O)cc2)ccnc1N1C[C@@H](C(F)F)N(c2cccc(C(=O)NC)c2)C1=O. The highest BCUT2D eigenvalue weighted by Crippen LogP contribution is 2.36. The van der Waals surface area contributed by atoms with Gasteiger partial charge in [0.15, 0.2) is 0 Å². The van der Waals surface area contributed by atoms with Crippen LogP contribution in [-0.4, -0.2) is 64.4 Å².